The van der Waals surface area contributed by atoms with Crippen molar-refractivity contribution >= 4 is 21.8 Å². The van der Waals surface area contributed by atoms with Gasteiger partial charge in [-0.25, -0.2) is 4.98 Å². The monoisotopic (exact) mass is 595 g/mol. The predicted octanol–water partition coefficient (Wildman–Crippen LogP) is 10.3. The van der Waals surface area contributed by atoms with E-state index in [1.54, 1.807) is 0 Å². The van der Waals surface area contributed by atoms with E-state index in [4.69, 9.17) is 9.97 Å². The molecule has 0 atom stereocenters. The minimum atomic E-state index is -0.485. The smallest absolute Gasteiger partial charge is 0.0991 e. The molecular formula is C44H25N3. The van der Waals surface area contributed by atoms with Gasteiger partial charge in [-0.2, -0.15) is 5.26 Å². The Morgan fingerprint density at radius 3 is 1.74 bits per heavy atom. The summed E-state index contributed by atoms with van der Waals surface area (Å²) >= 11 is 0. The van der Waals surface area contributed by atoms with Crippen molar-refractivity contribution in [2.24, 2.45) is 0 Å². The van der Waals surface area contributed by atoms with Gasteiger partial charge in [-0.05, 0) is 92.0 Å². The van der Waals surface area contributed by atoms with Crippen LogP contribution >= 0.6 is 0 Å². The van der Waals surface area contributed by atoms with E-state index in [-0.39, 0.29) is 0 Å². The molecule has 0 saturated heterocycles. The van der Waals surface area contributed by atoms with Gasteiger partial charge in [0.05, 0.1) is 33.8 Å². The van der Waals surface area contributed by atoms with Crippen molar-refractivity contribution in [3.63, 3.8) is 0 Å². The molecule has 2 aliphatic carbocycles. The Labute approximate surface area is 272 Å². The molecule has 10 rings (SSSR count). The molecule has 0 aliphatic heterocycles. The van der Waals surface area contributed by atoms with Crippen molar-refractivity contribution in [2.45, 2.75) is 5.41 Å². The van der Waals surface area contributed by atoms with Crippen LogP contribution < -0.4 is 0 Å². The van der Waals surface area contributed by atoms with Crippen LogP contribution in [0.2, 0.25) is 0 Å². The second-order valence-corrected chi connectivity index (χ2v) is 12.5. The molecule has 2 aromatic heterocycles. The van der Waals surface area contributed by atoms with Crippen LogP contribution in [0.5, 0.6) is 0 Å². The van der Waals surface area contributed by atoms with Gasteiger partial charge >= 0.3 is 0 Å². The van der Waals surface area contributed by atoms with E-state index < -0.39 is 5.41 Å². The van der Waals surface area contributed by atoms with Crippen molar-refractivity contribution in [1.29, 1.82) is 5.26 Å². The van der Waals surface area contributed by atoms with Crippen molar-refractivity contribution < 1.29 is 0 Å². The van der Waals surface area contributed by atoms with E-state index in [9.17, 15) is 5.26 Å². The highest BCUT2D eigenvalue weighted by atomic mass is 14.8. The Hall–Kier alpha value is -6.37. The van der Waals surface area contributed by atoms with Gasteiger partial charge in [0.1, 0.15) is 0 Å². The molecule has 0 saturated carbocycles. The van der Waals surface area contributed by atoms with Gasteiger partial charge in [-0.3, -0.25) is 4.98 Å². The molecule has 0 fully saturated rings. The minimum absolute atomic E-state index is 0.485. The van der Waals surface area contributed by atoms with Crippen LogP contribution in [0.25, 0.3) is 66.4 Å². The number of nitrogens with zero attached hydrogens (tertiary/aromatic N) is 3. The van der Waals surface area contributed by atoms with Gasteiger partial charge in [0.15, 0.2) is 0 Å². The number of fused-ring (bicyclic) bond motifs is 13. The van der Waals surface area contributed by atoms with Crippen molar-refractivity contribution in [3.05, 3.63) is 180 Å². The third-order valence-electron chi connectivity index (χ3n) is 10.2. The minimum Gasteiger partial charge on any atom is -0.254 e. The largest absolute Gasteiger partial charge is 0.254 e. The highest BCUT2D eigenvalue weighted by Gasteiger charge is 2.51. The molecule has 3 nitrogen and oxygen atoms in total. The number of aromatic nitrogens is 2. The summed E-state index contributed by atoms with van der Waals surface area (Å²) in [6.07, 6.45) is 1.84. The van der Waals surface area contributed by atoms with Crippen LogP contribution in [0.15, 0.2) is 152 Å². The Balaban J connectivity index is 1.25. The number of pyridine rings is 2. The highest BCUT2D eigenvalue weighted by Crippen LogP contribution is 2.63. The quantitative estimate of drug-likeness (QED) is 0.187. The topological polar surface area (TPSA) is 49.6 Å². The fourth-order valence-corrected chi connectivity index (χ4v) is 8.10. The van der Waals surface area contributed by atoms with E-state index in [1.807, 2.05) is 36.5 Å². The lowest BCUT2D eigenvalue weighted by molar-refractivity contribution is 0.794. The summed E-state index contributed by atoms with van der Waals surface area (Å²) in [4.78, 5) is 9.94. The number of hydrogen-bond donors (Lipinski definition) is 0. The number of hydrogen-bond acceptors (Lipinski definition) is 3. The molecule has 47 heavy (non-hydrogen) atoms. The third-order valence-corrected chi connectivity index (χ3v) is 10.2. The molecule has 2 aliphatic rings. The molecule has 6 aromatic carbocycles. The zero-order chi connectivity index (χ0) is 31.1. The molecule has 8 aromatic rings. The van der Waals surface area contributed by atoms with Crippen molar-refractivity contribution in [1.82, 2.24) is 9.97 Å². The van der Waals surface area contributed by atoms with Gasteiger partial charge < -0.3 is 0 Å². The number of rotatable bonds is 2. The summed E-state index contributed by atoms with van der Waals surface area (Å²) in [5.74, 6) is 0. The lowest BCUT2D eigenvalue weighted by atomic mass is 9.70. The first-order valence-electron chi connectivity index (χ1n) is 15.9. The fourth-order valence-electron chi connectivity index (χ4n) is 8.10. The average Bonchev–Trinajstić information content (AvgIpc) is 3.61. The van der Waals surface area contributed by atoms with Gasteiger partial charge in [0.25, 0.3) is 0 Å². The van der Waals surface area contributed by atoms with Gasteiger partial charge in [-0.15, -0.1) is 0 Å². The molecule has 1 spiro atoms. The second-order valence-electron chi connectivity index (χ2n) is 12.5. The van der Waals surface area contributed by atoms with Crippen molar-refractivity contribution in [2.75, 3.05) is 0 Å². The molecule has 0 bridgehead atoms. The maximum absolute atomic E-state index is 9.40. The standard InChI is InChI=1S/C44H25N3/c45-26-27-11-13-28(14-12-27)31-17-20-35-36-21-18-32(41-22-19-30-16-15-29-6-5-23-46-42(29)43(30)47-41)25-40(36)44(39(35)24-31)37-9-3-1-7-33(37)34-8-2-4-10-38(34)44/h1-25H. The lowest BCUT2D eigenvalue weighted by Gasteiger charge is -2.31. The number of benzene rings is 6. The van der Waals surface area contributed by atoms with E-state index in [2.05, 4.69) is 121 Å². The Morgan fingerprint density at radius 1 is 0.468 bits per heavy atom. The maximum atomic E-state index is 9.40. The van der Waals surface area contributed by atoms with Gasteiger partial charge in [-0.1, -0.05) is 109 Å². The Kier molecular flexibility index (Phi) is 5.27. The third kappa shape index (κ3) is 3.50. The zero-order valence-electron chi connectivity index (χ0n) is 25.3. The van der Waals surface area contributed by atoms with E-state index in [0.717, 1.165) is 44.2 Å². The average molecular weight is 596 g/mol. The lowest BCUT2D eigenvalue weighted by Crippen LogP contribution is -2.26. The summed E-state index contributed by atoms with van der Waals surface area (Å²) in [5, 5.41) is 11.6. The van der Waals surface area contributed by atoms with Crippen LogP contribution in [-0.2, 0) is 5.41 Å². The molecule has 0 amide bonds. The molecule has 0 radical (unpaired) electrons. The summed E-state index contributed by atoms with van der Waals surface area (Å²) in [6, 6.07) is 54.3. The molecule has 3 heteroatoms. The van der Waals surface area contributed by atoms with Crippen LogP contribution in [-0.4, -0.2) is 9.97 Å². The summed E-state index contributed by atoms with van der Waals surface area (Å²) in [6.45, 7) is 0. The van der Waals surface area contributed by atoms with E-state index in [1.165, 1.54) is 44.5 Å². The predicted molar refractivity (Wildman–Crippen MR) is 189 cm³/mol. The molecule has 0 unspecified atom stereocenters. The first-order chi connectivity index (χ1) is 23.2. The summed E-state index contributed by atoms with van der Waals surface area (Å²) in [5.41, 5.74) is 16.5. The van der Waals surface area contributed by atoms with Crippen molar-refractivity contribution in [3.8, 4) is 50.7 Å². The van der Waals surface area contributed by atoms with Crippen LogP contribution in [0, 0.1) is 11.3 Å². The highest BCUT2D eigenvalue weighted by molar-refractivity contribution is 6.03. The molecule has 216 valence electrons. The zero-order valence-corrected chi connectivity index (χ0v) is 25.3. The normalized spacial score (nSPS) is 13.3. The first kappa shape index (κ1) is 25.9. The van der Waals surface area contributed by atoms with Gasteiger partial charge in [0.2, 0.25) is 0 Å². The Morgan fingerprint density at radius 2 is 1.04 bits per heavy atom. The fraction of sp³-hybridized carbons (Fsp3) is 0.0227. The van der Waals surface area contributed by atoms with Crippen LogP contribution in [0.3, 0.4) is 0 Å². The molecule has 0 N–H and O–H groups in total. The van der Waals surface area contributed by atoms with Gasteiger partial charge in [0, 0.05) is 22.5 Å². The van der Waals surface area contributed by atoms with E-state index >= 15 is 0 Å². The Bertz CT molecular complexity index is 2600. The van der Waals surface area contributed by atoms with Crippen LogP contribution in [0.4, 0.5) is 0 Å². The SMILES string of the molecule is N#Cc1ccc(-c2ccc3c(c2)C2(c4ccccc4-c4ccccc42)c2cc(-c4ccc5ccc6cccnc6c5n4)ccc2-3)cc1. The molecular weight excluding hydrogens is 571 g/mol. The molecule has 2 heterocycles. The first-order valence-corrected chi connectivity index (χ1v) is 15.9. The van der Waals surface area contributed by atoms with E-state index in [0.29, 0.717) is 5.56 Å². The summed E-state index contributed by atoms with van der Waals surface area (Å²) < 4.78 is 0. The maximum Gasteiger partial charge on any atom is 0.0991 e. The second kappa shape index (κ2) is 9.57. The van der Waals surface area contributed by atoms with Crippen LogP contribution in [0.1, 0.15) is 27.8 Å². The summed E-state index contributed by atoms with van der Waals surface area (Å²) in [7, 11) is 0. The number of nitriles is 1.